The van der Waals surface area contributed by atoms with Crippen molar-refractivity contribution in [3.63, 3.8) is 0 Å². The second-order valence-electron chi connectivity index (χ2n) is 6.17. The van der Waals surface area contributed by atoms with Crippen LogP contribution in [0, 0.1) is 18.6 Å². The molecule has 7 nitrogen and oxygen atoms in total. The van der Waals surface area contributed by atoms with Gasteiger partial charge in [0.2, 0.25) is 0 Å². The van der Waals surface area contributed by atoms with Crippen LogP contribution in [0.15, 0.2) is 42.7 Å². The van der Waals surface area contributed by atoms with Crippen LogP contribution in [-0.2, 0) is 6.54 Å². The van der Waals surface area contributed by atoms with E-state index in [0.717, 1.165) is 35.6 Å². The standard InChI is InChI=1S/C19H16F2N6O/c1-3-26-11(2)13(10-23-26)17-6-7-22-18-9-16(25-27(17)18)19(28)24-15-5-4-12(20)8-14(15)21/h4-10H,3H2,1-2H3,(H,24,28). The molecular weight excluding hydrogens is 366 g/mol. The van der Waals surface area contributed by atoms with Gasteiger partial charge in [0.15, 0.2) is 11.3 Å². The summed E-state index contributed by atoms with van der Waals surface area (Å²) in [6.07, 6.45) is 3.36. The summed E-state index contributed by atoms with van der Waals surface area (Å²) in [5, 5.41) is 11.1. The minimum Gasteiger partial charge on any atom is -0.318 e. The zero-order chi connectivity index (χ0) is 19.8. The van der Waals surface area contributed by atoms with E-state index < -0.39 is 17.5 Å². The van der Waals surface area contributed by atoms with Crippen molar-refractivity contribution in [2.75, 3.05) is 5.32 Å². The van der Waals surface area contributed by atoms with E-state index in [1.807, 2.05) is 18.5 Å². The molecule has 4 aromatic rings. The summed E-state index contributed by atoms with van der Waals surface area (Å²) in [5.41, 5.74) is 2.96. The zero-order valence-electron chi connectivity index (χ0n) is 15.1. The summed E-state index contributed by atoms with van der Waals surface area (Å²) in [4.78, 5) is 16.7. The number of nitrogens with zero attached hydrogens (tertiary/aromatic N) is 5. The highest BCUT2D eigenvalue weighted by Crippen LogP contribution is 2.24. The number of hydrogen-bond acceptors (Lipinski definition) is 4. The van der Waals surface area contributed by atoms with Gasteiger partial charge in [-0.2, -0.15) is 10.2 Å². The monoisotopic (exact) mass is 382 g/mol. The van der Waals surface area contributed by atoms with Gasteiger partial charge in [0.05, 0.1) is 17.6 Å². The third kappa shape index (κ3) is 3.00. The highest BCUT2D eigenvalue weighted by molar-refractivity contribution is 6.03. The third-order valence-corrected chi connectivity index (χ3v) is 4.45. The molecule has 0 radical (unpaired) electrons. The molecule has 0 atom stereocenters. The Morgan fingerprint density at radius 1 is 1.21 bits per heavy atom. The number of fused-ring (bicyclic) bond motifs is 1. The van der Waals surface area contributed by atoms with Gasteiger partial charge in [0.1, 0.15) is 11.6 Å². The van der Waals surface area contributed by atoms with E-state index in [9.17, 15) is 13.6 Å². The number of aromatic nitrogens is 5. The number of hydrogen-bond donors (Lipinski definition) is 1. The Labute approximate surface area is 158 Å². The average molecular weight is 382 g/mol. The number of halogens is 2. The summed E-state index contributed by atoms with van der Waals surface area (Å²) in [5.74, 6) is -2.21. The maximum Gasteiger partial charge on any atom is 0.276 e. The van der Waals surface area contributed by atoms with Crippen molar-refractivity contribution in [3.8, 4) is 11.3 Å². The first-order chi connectivity index (χ1) is 13.5. The summed E-state index contributed by atoms with van der Waals surface area (Å²) in [6, 6.07) is 6.21. The first-order valence-electron chi connectivity index (χ1n) is 8.62. The number of amides is 1. The first kappa shape index (κ1) is 17.8. The number of anilines is 1. The molecule has 0 saturated heterocycles. The topological polar surface area (TPSA) is 77.1 Å². The van der Waals surface area contributed by atoms with E-state index in [-0.39, 0.29) is 11.4 Å². The van der Waals surface area contributed by atoms with Crippen molar-refractivity contribution in [3.05, 3.63) is 65.7 Å². The lowest BCUT2D eigenvalue weighted by Gasteiger charge is -2.05. The Hall–Kier alpha value is -3.62. The highest BCUT2D eigenvalue weighted by Gasteiger charge is 2.17. The molecule has 1 amide bonds. The smallest absolute Gasteiger partial charge is 0.276 e. The zero-order valence-corrected chi connectivity index (χ0v) is 15.1. The van der Waals surface area contributed by atoms with Gasteiger partial charge in [0.25, 0.3) is 5.91 Å². The molecule has 0 saturated carbocycles. The Balaban J connectivity index is 1.72. The Kier molecular flexibility index (Phi) is 4.34. The fraction of sp³-hybridized carbons (Fsp3) is 0.158. The van der Waals surface area contributed by atoms with Crippen LogP contribution in [0.25, 0.3) is 16.9 Å². The molecule has 4 rings (SSSR count). The molecule has 3 aromatic heterocycles. The van der Waals surface area contributed by atoms with Gasteiger partial charge in [-0.3, -0.25) is 9.48 Å². The molecular formula is C19H16F2N6O. The highest BCUT2D eigenvalue weighted by atomic mass is 19.1. The van der Waals surface area contributed by atoms with E-state index in [1.54, 1.807) is 23.0 Å². The molecule has 0 bridgehead atoms. The van der Waals surface area contributed by atoms with Crippen molar-refractivity contribution < 1.29 is 13.6 Å². The van der Waals surface area contributed by atoms with Gasteiger partial charge in [-0.1, -0.05) is 0 Å². The quantitative estimate of drug-likeness (QED) is 0.586. The summed E-state index contributed by atoms with van der Waals surface area (Å²) >= 11 is 0. The lowest BCUT2D eigenvalue weighted by molar-refractivity contribution is 0.102. The lowest BCUT2D eigenvalue weighted by Crippen LogP contribution is -2.14. The fourth-order valence-corrected chi connectivity index (χ4v) is 3.00. The molecule has 0 unspecified atom stereocenters. The largest absolute Gasteiger partial charge is 0.318 e. The molecule has 142 valence electrons. The first-order valence-corrected chi connectivity index (χ1v) is 8.62. The maximum atomic E-state index is 13.8. The van der Waals surface area contributed by atoms with Crippen LogP contribution in [0.5, 0.6) is 0 Å². The molecule has 1 aromatic carbocycles. The second-order valence-corrected chi connectivity index (χ2v) is 6.17. The van der Waals surface area contributed by atoms with Crippen LogP contribution in [0.2, 0.25) is 0 Å². The number of aryl methyl sites for hydroxylation is 1. The van der Waals surface area contributed by atoms with Gasteiger partial charge in [-0.25, -0.2) is 18.3 Å². The van der Waals surface area contributed by atoms with Gasteiger partial charge in [-0.15, -0.1) is 0 Å². The van der Waals surface area contributed by atoms with Crippen LogP contribution in [0.3, 0.4) is 0 Å². The molecule has 3 heterocycles. The second kappa shape index (κ2) is 6.84. The van der Waals surface area contributed by atoms with Crippen molar-refractivity contribution in [1.29, 1.82) is 0 Å². The Morgan fingerprint density at radius 3 is 2.75 bits per heavy atom. The average Bonchev–Trinajstić information content (AvgIpc) is 3.27. The van der Waals surface area contributed by atoms with Crippen LogP contribution in [-0.4, -0.2) is 30.3 Å². The number of carbonyl (C=O) groups excluding carboxylic acids is 1. The molecule has 0 aliphatic heterocycles. The molecule has 28 heavy (non-hydrogen) atoms. The molecule has 9 heteroatoms. The van der Waals surface area contributed by atoms with E-state index in [2.05, 4.69) is 20.5 Å². The maximum absolute atomic E-state index is 13.8. The van der Waals surface area contributed by atoms with Crippen LogP contribution >= 0.6 is 0 Å². The van der Waals surface area contributed by atoms with Crippen molar-refractivity contribution in [2.24, 2.45) is 0 Å². The van der Waals surface area contributed by atoms with E-state index in [4.69, 9.17) is 0 Å². The van der Waals surface area contributed by atoms with E-state index in [1.165, 1.54) is 6.07 Å². The molecule has 0 aliphatic rings. The van der Waals surface area contributed by atoms with Crippen LogP contribution < -0.4 is 5.32 Å². The van der Waals surface area contributed by atoms with Gasteiger partial charge in [-0.05, 0) is 32.0 Å². The summed E-state index contributed by atoms with van der Waals surface area (Å²) < 4.78 is 30.2. The van der Waals surface area contributed by atoms with Crippen molar-refractivity contribution >= 4 is 17.2 Å². The molecule has 0 fully saturated rings. The fourth-order valence-electron chi connectivity index (χ4n) is 3.00. The van der Waals surface area contributed by atoms with E-state index >= 15 is 0 Å². The normalized spacial score (nSPS) is 11.1. The number of carbonyl (C=O) groups is 1. The van der Waals surface area contributed by atoms with Gasteiger partial charge >= 0.3 is 0 Å². The molecule has 0 aliphatic carbocycles. The third-order valence-electron chi connectivity index (χ3n) is 4.45. The molecule has 0 spiro atoms. The Morgan fingerprint density at radius 2 is 2.04 bits per heavy atom. The SMILES string of the molecule is CCn1ncc(-c2ccnc3cc(C(=O)Nc4ccc(F)cc4F)nn23)c1C. The number of rotatable bonds is 4. The summed E-state index contributed by atoms with van der Waals surface area (Å²) in [6.45, 7) is 4.68. The molecule has 1 N–H and O–H groups in total. The predicted molar refractivity (Wildman–Crippen MR) is 98.9 cm³/mol. The van der Waals surface area contributed by atoms with Crippen molar-refractivity contribution in [1.82, 2.24) is 24.4 Å². The van der Waals surface area contributed by atoms with E-state index in [0.29, 0.717) is 11.7 Å². The van der Waals surface area contributed by atoms with Crippen LogP contribution in [0.4, 0.5) is 14.5 Å². The van der Waals surface area contributed by atoms with Crippen LogP contribution in [0.1, 0.15) is 23.1 Å². The minimum absolute atomic E-state index is 0.0595. The predicted octanol–water partition coefficient (Wildman–Crippen LogP) is 3.45. The van der Waals surface area contributed by atoms with Crippen molar-refractivity contribution in [2.45, 2.75) is 20.4 Å². The number of benzene rings is 1. The summed E-state index contributed by atoms with van der Waals surface area (Å²) in [7, 11) is 0. The minimum atomic E-state index is -0.862. The Bertz CT molecular complexity index is 1200. The number of nitrogens with one attached hydrogen (secondary N) is 1. The van der Waals surface area contributed by atoms with Gasteiger partial charge < -0.3 is 5.32 Å². The van der Waals surface area contributed by atoms with Gasteiger partial charge in [0, 0.05) is 36.1 Å². The lowest BCUT2D eigenvalue weighted by atomic mass is 10.2.